The highest BCUT2D eigenvalue weighted by Gasteiger charge is 2.37. The van der Waals surface area contributed by atoms with Gasteiger partial charge in [0.05, 0.1) is 5.92 Å². The summed E-state index contributed by atoms with van der Waals surface area (Å²) in [5, 5.41) is 0. The van der Waals surface area contributed by atoms with Crippen LogP contribution in [0.5, 0.6) is 0 Å². The van der Waals surface area contributed by atoms with Crippen molar-refractivity contribution in [1.82, 2.24) is 14.9 Å². The van der Waals surface area contributed by atoms with E-state index in [0.717, 1.165) is 37.4 Å². The van der Waals surface area contributed by atoms with Crippen LogP contribution >= 0.6 is 0 Å². The van der Waals surface area contributed by atoms with Gasteiger partial charge in [-0.2, -0.15) is 0 Å². The van der Waals surface area contributed by atoms with Gasteiger partial charge >= 0.3 is 0 Å². The standard InChI is InChI=1S/C13H17N3O2/c1-9-4-5-14-12(15-9)10-7-16(8-10)13(17)11-3-2-6-18-11/h4-5,10-11H,2-3,6-8H2,1H3/t11-/m0/s1. The number of carbonyl (C=O) groups excluding carboxylic acids is 1. The second-order valence-corrected chi connectivity index (χ2v) is 5.00. The largest absolute Gasteiger partial charge is 0.368 e. The molecule has 18 heavy (non-hydrogen) atoms. The smallest absolute Gasteiger partial charge is 0.251 e. The van der Waals surface area contributed by atoms with Crippen molar-refractivity contribution in [1.29, 1.82) is 0 Å². The van der Waals surface area contributed by atoms with Gasteiger partial charge in [-0.25, -0.2) is 9.97 Å². The van der Waals surface area contributed by atoms with Crippen LogP contribution in [0.25, 0.3) is 0 Å². The highest BCUT2D eigenvalue weighted by atomic mass is 16.5. The molecule has 1 atom stereocenters. The van der Waals surface area contributed by atoms with E-state index in [9.17, 15) is 4.79 Å². The predicted octanol–water partition coefficient (Wildman–Crippen LogP) is 0.890. The molecule has 2 aliphatic heterocycles. The Morgan fingerprint density at radius 2 is 2.33 bits per heavy atom. The third-order valence-corrected chi connectivity index (χ3v) is 3.58. The van der Waals surface area contributed by atoms with Crippen molar-refractivity contribution in [3.05, 3.63) is 23.8 Å². The second-order valence-electron chi connectivity index (χ2n) is 5.00. The van der Waals surface area contributed by atoms with E-state index in [-0.39, 0.29) is 17.9 Å². The van der Waals surface area contributed by atoms with Crippen LogP contribution in [-0.2, 0) is 9.53 Å². The van der Waals surface area contributed by atoms with Crippen molar-refractivity contribution in [3.63, 3.8) is 0 Å². The minimum Gasteiger partial charge on any atom is -0.368 e. The zero-order valence-electron chi connectivity index (χ0n) is 10.5. The molecule has 2 fully saturated rings. The monoisotopic (exact) mass is 247 g/mol. The summed E-state index contributed by atoms with van der Waals surface area (Å²) in [6.45, 7) is 4.12. The van der Waals surface area contributed by atoms with Crippen LogP contribution < -0.4 is 0 Å². The average Bonchev–Trinajstić information content (AvgIpc) is 2.80. The van der Waals surface area contributed by atoms with Crippen LogP contribution in [-0.4, -0.2) is 46.6 Å². The van der Waals surface area contributed by atoms with E-state index in [1.54, 1.807) is 6.20 Å². The molecule has 5 heteroatoms. The molecule has 0 aromatic carbocycles. The van der Waals surface area contributed by atoms with E-state index in [0.29, 0.717) is 6.61 Å². The fourth-order valence-corrected chi connectivity index (χ4v) is 2.46. The maximum atomic E-state index is 12.0. The number of carbonyl (C=O) groups is 1. The summed E-state index contributed by atoms with van der Waals surface area (Å²) in [6.07, 6.45) is 3.43. The molecule has 5 nitrogen and oxygen atoms in total. The molecule has 0 unspecified atom stereocenters. The first-order valence-electron chi connectivity index (χ1n) is 6.44. The van der Waals surface area contributed by atoms with Crippen molar-refractivity contribution in [2.45, 2.75) is 31.8 Å². The molecule has 2 aliphatic rings. The number of aromatic nitrogens is 2. The molecule has 0 aliphatic carbocycles. The third kappa shape index (κ3) is 2.10. The normalized spacial score (nSPS) is 24.1. The fraction of sp³-hybridized carbons (Fsp3) is 0.615. The van der Waals surface area contributed by atoms with E-state index < -0.39 is 0 Å². The van der Waals surface area contributed by atoms with Gasteiger partial charge in [-0.05, 0) is 25.8 Å². The Labute approximate surface area is 106 Å². The van der Waals surface area contributed by atoms with Gasteiger partial charge in [0.25, 0.3) is 5.91 Å². The summed E-state index contributed by atoms with van der Waals surface area (Å²) in [4.78, 5) is 22.6. The molecular formula is C13H17N3O2. The number of aryl methyl sites for hydroxylation is 1. The summed E-state index contributed by atoms with van der Waals surface area (Å²) in [7, 11) is 0. The molecule has 2 saturated heterocycles. The second kappa shape index (κ2) is 4.65. The van der Waals surface area contributed by atoms with Crippen molar-refractivity contribution in [3.8, 4) is 0 Å². The maximum absolute atomic E-state index is 12.0. The van der Waals surface area contributed by atoms with Crippen LogP contribution in [0.4, 0.5) is 0 Å². The molecule has 0 spiro atoms. The van der Waals surface area contributed by atoms with Gasteiger partial charge in [0.1, 0.15) is 11.9 Å². The molecule has 1 amide bonds. The van der Waals surface area contributed by atoms with Gasteiger partial charge in [0.2, 0.25) is 0 Å². The molecule has 0 bridgehead atoms. The molecule has 96 valence electrons. The average molecular weight is 247 g/mol. The third-order valence-electron chi connectivity index (χ3n) is 3.58. The van der Waals surface area contributed by atoms with Gasteiger partial charge < -0.3 is 9.64 Å². The van der Waals surface area contributed by atoms with E-state index in [2.05, 4.69) is 9.97 Å². The Hall–Kier alpha value is -1.49. The summed E-state index contributed by atoms with van der Waals surface area (Å²) in [5.74, 6) is 1.28. The molecule has 1 aromatic rings. The van der Waals surface area contributed by atoms with E-state index in [1.807, 2.05) is 17.9 Å². The van der Waals surface area contributed by atoms with Crippen LogP contribution in [0.15, 0.2) is 12.3 Å². The molecule has 0 radical (unpaired) electrons. The van der Waals surface area contributed by atoms with Crippen LogP contribution in [0.1, 0.15) is 30.3 Å². The number of ether oxygens (including phenoxy) is 1. The number of hydrogen-bond acceptors (Lipinski definition) is 4. The highest BCUT2D eigenvalue weighted by Crippen LogP contribution is 2.27. The Morgan fingerprint density at radius 1 is 1.50 bits per heavy atom. The molecule has 3 rings (SSSR count). The lowest BCUT2D eigenvalue weighted by molar-refractivity contribution is -0.145. The number of likely N-dealkylation sites (tertiary alicyclic amines) is 1. The zero-order valence-corrected chi connectivity index (χ0v) is 10.5. The number of nitrogens with zero attached hydrogens (tertiary/aromatic N) is 3. The van der Waals surface area contributed by atoms with Crippen LogP contribution in [0.2, 0.25) is 0 Å². The maximum Gasteiger partial charge on any atom is 0.251 e. The highest BCUT2D eigenvalue weighted by molar-refractivity contribution is 5.82. The summed E-state index contributed by atoms with van der Waals surface area (Å²) in [6, 6.07) is 1.89. The predicted molar refractivity (Wildman–Crippen MR) is 65.1 cm³/mol. The minimum atomic E-state index is -0.204. The summed E-state index contributed by atoms with van der Waals surface area (Å²) >= 11 is 0. The quantitative estimate of drug-likeness (QED) is 0.779. The topological polar surface area (TPSA) is 55.3 Å². The minimum absolute atomic E-state index is 0.136. The van der Waals surface area contributed by atoms with Crippen molar-refractivity contribution >= 4 is 5.91 Å². The Kier molecular flexibility index (Phi) is 2.99. The first-order valence-corrected chi connectivity index (χ1v) is 6.44. The first-order chi connectivity index (χ1) is 8.74. The van der Waals surface area contributed by atoms with Crippen molar-refractivity contribution in [2.75, 3.05) is 19.7 Å². The fourth-order valence-electron chi connectivity index (χ4n) is 2.46. The van der Waals surface area contributed by atoms with Gasteiger partial charge in [-0.3, -0.25) is 4.79 Å². The number of amides is 1. The van der Waals surface area contributed by atoms with Crippen LogP contribution in [0, 0.1) is 6.92 Å². The van der Waals surface area contributed by atoms with E-state index in [1.165, 1.54) is 0 Å². The van der Waals surface area contributed by atoms with Crippen molar-refractivity contribution < 1.29 is 9.53 Å². The molecular weight excluding hydrogens is 230 g/mol. The Balaban J connectivity index is 1.58. The van der Waals surface area contributed by atoms with Gasteiger partial charge in [0, 0.05) is 31.6 Å². The lowest BCUT2D eigenvalue weighted by atomic mass is 9.98. The molecule has 0 saturated carbocycles. The van der Waals surface area contributed by atoms with Gasteiger partial charge in [-0.1, -0.05) is 0 Å². The Morgan fingerprint density at radius 3 is 3.00 bits per heavy atom. The summed E-state index contributed by atoms with van der Waals surface area (Å²) < 4.78 is 5.41. The van der Waals surface area contributed by atoms with Crippen molar-refractivity contribution in [2.24, 2.45) is 0 Å². The summed E-state index contributed by atoms with van der Waals surface area (Å²) in [5.41, 5.74) is 0.976. The Bertz CT molecular complexity index is 451. The molecule has 3 heterocycles. The number of rotatable bonds is 2. The molecule has 1 aromatic heterocycles. The molecule has 0 N–H and O–H groups in total. The lowest BCUT2D eigenvalue weighted by Crippen LogP contribution is -2.52. The van der Waals surface area contributed by atoms with Gasteiger partial charge in [-0.15, -0.1) is 0 Å². The lowest BCUT2D eigenvalue weighted by Gasteiger charge is -2.39. The van der Waals surface area contributed by atoms with E-state index >= 15 is 0 Å². The first kappa shape index (κ1) is 11.6. The SMILES string of the molecule is Cc1ccnc(C2CN(C(=O)[C@@H]3CCCO3)C2)n1. The van der Waals surface area contributed by atoms with E-state index in [4.69, 9.17) is 4.74 Å². The van der Waals surface area contributed by atoms with Crippen LogP contribution in [0.3, 0.4) is 0 Å². The van der Waals surface area contributed by atoms with Gasteiger partial charge in [0.15, 0.2) is 0 Å². The zero-order chi connectivity index (χ0) is 12.5. The number of hydrogen-bond donors (Lipinski definition) is 0.